The van der Waals surface area contributed by atoms with E-state index in [1.807, 2.05) is 0 Å². The summed E-state index contributed by atoms with van der Waals surface area (Å²) in [5.41, 5.74) is 3.38. The molecule has 0 spiro atoms. The molecule has 1 aliphatic rings. The van der Waals surface area contributed by atoms with Gasteiger partial charge in [0, 0.05) is 42.9 Å². The van der Waals surface area contributed by atoms with Crippen molar-refractivity contribution in [3.63, 3.8) is 0 Å². The zero-order valence-corrected chi connectivity index (χ0v) is 21.5. The van der Waals surface area contributed by atoms with Crippen LogP contribution in [0.15, 0.2) is 11.1 Å². The van der Waals surface area contributed by atoms with Crippen molar-refractivity contribution in [2.45, 2.75) is 71.4 Å². The maximum Gasteiger partial charge on any atom is 0.0682 e. The van der Waals surface area contributed by atoms with Gasteiger partial charge in [0.05, 0.1) is 21.6 Å². The van der Waals surface area contributed by atoms with Crippen molar-refractivity contribution in [2.24, 2.45) is 0 Å². The van der Waals surface area contributed by atoms with Crippen LogP contribution in [0.25, 0.3) is 0 Å². The van der Waals surface area contributed by atoms with Crippen LogP contribution in [-0.2, 0) is 0 Å². The van der Waals surface area contributed by atoms with Gasteiger partial charge in [-0.25, -0.2) is 0 Å². The van der Waals surface area contributed by atoms with Crippen LogP contribution in [-0.4, -0.2) is 56.5 Å². The van der Waals surface area contributed by atoms with Crippen LogP contribution in [0.3, 0.4) is 0 Å². The number of nitrogens with zero attached hydrogens (tertiary/aromatic N) is 2. The third kappa shape index (κ3) is 3.25. The molecule has 1 unspecified atom stereocenters. The molecule has 1 heterocycles. The highest BCUT2D eigenvalue weighted by molar-refractivity contribution is 9.40. The molecule has 0 N–H and O–H groups in total. The first-order valence-corrected chi connectivity index (χ1v) is 19.5. The Morgan fingerprint density at radius 3 is 1.39 bits per heavy atom. The largest absolute Gasteiger partial charge is 0.373 e. The molecule has 0 aromatic carbocycles. The Morgan fingerprint density at radius 1 is 0.783 bits per heavy atom. The Morgan fingerprint density at radius 2 is 1.13 bits per heavy atom. The van der Waals surface area contributed by atoms with E-state index in [9.17, 15) is 0 Å². The Labute approximate surface area is 156 Å². The monoisotopic (exact) mass is 436 g/mol. The maximum atomic E-state index is 4.28. The molecule has 2 nitrogen and oxygen atoms in total. The molecule has 0 radical (unpaired) electrons. The molecule has 1 rings (SSSR count). The Kier molecular flexibility index (Phi) is 7.09. The molecule has 1 aliphatic heterocycles. The lowest BCUT2D eigenvalue weighted by Gasteiger charge is -2.65. The number of rotatable bonds is 8. The predicted molar refractivity (Wildman–Crippen MR) is 118 cm³/mol. The van der Waals surface area contributed by atoms with Crippen LogP contribution >= 0.6 is 22.1 Å². The molecule has 0 bridgehead atoms. The van der Waals surface area contributed by atoms with Gasteiger partial charge >= 0.3 is 0 Å². The topological polar surface area (TPSA) is 6.48 Å². The van der Waals surface area contributed by atoms with Crippen LogP contribution in [0.5, 0.6) is 0 Å². The van der Waals surface area contributed by atoms with Gasteiger partial charge < -0.3 is 9.80 Å². The van der Waals surface area contributed by atoms with E-state index >= 15 is 0 Å². The molecular weight excluding hydrogens is 399 g/mol. The molecule has 0 saturated heterocycles. The van der Waals surface area contributed by atoms with Gasteiger partial charge in [0.25, 0.3) is 0 Å². The first-order chi connectivity index (χ1) is 10.4. The second-order valence-corrected chi connectivity index (χ2v) is 24.1. The van der Waals surface area contributed by atoms with E-state index in [1.165, 1.54) is 0 Å². The fourth-order valence-electron chi connectivity index (χ4n) is 4.59. The van der Waals surface area contributed by atoms with Crippen molar-refractivity contribution in [3.05, 3.63) is 11.1 Å². The third-order valence-electron chi connectivity index (χ3n) is 5.35. The van der Waals surface area contributed by atoms with Crippen molar-refractivity contribution in [3.8, 4) is 0 Å². The summed E-state index contributed by atoms with van der Waals surface area (Å²) in [5.74, 6) is 0. The number of hydrogen-bond donors (Lipinski definition) is 0. The molecule has 0 amide bonds. The molecule has 0 saturated carbocycles. The van der Waals surface area contributed by atoms with E-state index < -0.39 is 16.1 Å². The summed E-state index contributed by atoms with van der Waals surface area (Å²) in [6, 6.07) is 0. The smallest absolute Gasteiger partial charge is 0.0682 e. The molecule has 23 heavy (non-hydrogen) atoms. The summed E-state index contributed by atoms with van der Waals surface area (Å²) >= 11 is 4.28. The van der Waals surface area contributed by atoms with Crippen molar-refractivity contribution in [2.75, 3.05) is 26.2 Å². The third-order valence-corrected chi connectivity index (χ3v) is 26.3. The van der Waals surface area contributed by atoms with E-state index in [0.29, 0.717) is 4.40 Å². The average Bonchev–Trinajstić information content (AvgIpc) is 2.41. The normalized spacial score (nSPS) is 21.3. The lowest BCUT2D eigenvalue weighted by atomic mass is 10.3. The first-order valence-electron chi connectivity index (χ1n) is 9.16. The van der Waals surface area contributed by atoms with E-state index in [4.69, 9.17) is 0 Å². The summed E-state index contributed by atoms with van der Waals surface area (Å²) in [4.78, 5) is 5.30. The zero-order valence-electron chi connectivity index (χ0n) is 17.0. The molecule has 0 aromatic heterocycles. The minimum atomic E-state index is -1.38. The van der Waals surface area contributed by atoms with Gasteiger partial charge in [-0.3, -0.25) is 0 Å². The molecular formula is C17H38BrN2PSi2. The Bertz CT molecular complexity index is 432. The highest BCUT2D eigenvalue weighted by atomic mass is 79.9. The van der Waals surface area contributed by atoms with Gasteiger partial charge in [-0.2, -0.15) is 0 Å². The molecule has 0 fully saturated rings. The summed E-state index contributed by atoms with van der Waals surface area (Å²) < 4.78 is 0.472. The maximum absolute atomic E-state index is 4.28. The fourth-order valence-corrected chi connectivity index (χ4v) is 34.0. The van der Waals surface area contributed by atoms with Crippen molar-refractivity contribution in [1.29, 1.82) is 0 Å². The lowest BCUT2D eigenvalue weighted by Crippen LogP contribution is -2.72. The summed E-state index contributed by atoms with van der Waals surface area (Å²) in [7, 11) is -2.75. The standard InChI is InChI=1S/C17H38BrN2PSi2/c1-11-19(12-2)15-16(20(13-3)14-4)21(18)17(15,22(5,6)7)23(8,9)10/h11-14H2,1-10H3. The van der Waals surface area contributed by atoms with Crippen LogP contribution in [0.4, 0.5) is 0 Å². The molecule has 0 aromatic rings. The highest BCUT2D eigenvalue weighted by Crippen LogP contribution is 2.80. The van der Waals surface area contributed by atoms with E-state index in [2.05, 4.69) is 92.3 Å². The van der Waals surface area contributed by atoms with Crippen LogP contribution in [0.1, 0.15) is 27.7 Å². The first kappa shape index (κ1) is 21.7. The quantitative estimate of drug-likeness (QED) is 0.333. The second kappa shape index (κ2) is 7.51. The van der Waals surface area contributed by atoms with Crippen molar-refractivity contribution in [1.82, 2.24) is 9.80 Å². The van der Waals surface area contributed by atoms with Crippen molar-refractivity contribution >= 4 is 38.3 Å². The van der Waals surface area contributed by atoms with Gasteiger partial charge in [0.1, 0.15) is 0 Å². The molecule has 136 valence electrons. The van der Waals surface area contributed by atoms with Crippen LogP contribution in [0, 0.1) is 0 Å². The van der Waals surface area contributed by atoms with Gasteiger partial charge in [0.15, 0.2) is 0 Å². The summed E-state index contributed by atoms with van der Waals surface area (Å²) in [5, 5.41) is 0. The van der Waals surface area contributed by atoms with Gasteiger partial charge in [-0.15, -0.1) is 0 Å². The summed E-state index contributed by atoms with van der Waals surface area (Å²) in [6.45, 7) is 29.1. The highest BCUT2D eigenvalue weighted by Gasteiger charge is 2.68. The minimum absolute atomic E-state index is 0.239. The predicted octanol–water partition coefficient (Wildman–Crippen LogP) is 6.14. The molecule has 6 heteroatoms. The minimum Gasteiger partial charge on any atom is -0.373 e. The second-order valence-electron chi connectivity index (χ2n) is 8.51. The average molecular weight is 438 g/mol. The zero-order chi connectivity index (χ0) is 18.2. The van der Waals surface area contributed by atoms with E-state index in [0.717, 1.165) is 26.2 Å². The van der Waals surface area contributed by atoms with Gasteiger partial charge in [-0.1, -0.05) is 54.8 Å². The Balaban J connectivity index is 3.72. The lowest BCUT2D eigenvalue weighted by molar-refractivity contribution is 0.326. The number of allylic oxidation sites excluding steroid dienone is 1. The molecule has 0 aliphatic carbocycles. The van der Waals surface area contributed by atoms with Crippen molar-refractivity contribution < 1.29 is 0 Å². The Hall–Kier alpha value is 0.684. The SMILES string of the molecule is CCN(CC)C1=C(N(CC)CC)C([Si](C)(C)C)([Si](C)(C)C)P1Br. The van der Waals surface area contributed by atoms with Gasteiger partial charge in [0.2, 0.25) is 0 Å². The number of halogens is 1. The van der Waals surface area contributed by atoms with Gasteiger partial charge in [-0.05, 0) is 27.7 Å². The fraction of sp³-hybridized carbons (Fsp3) is 0.882. The summed E-state index contributed by atoms with van der Waals surface area (Å²) in [6.07, 6.45) is 0. The molecule has 1 atom stereocenters. The number of hydrogen-bond acceptors (Lipinski definition) is 2. The van der Waals surface area contributed by atoms with Crippen LogP contribution < -0.4 is 0 Å². The van der Waals surface area contributed by atoms with E-state index in [1.54, 1.807) is 11.1 Å². The van der Waals surface area contributed by atoms with Crippen LogP contribution in [0.2, 0.25) is 39.3 Å². The van der Waals surface area contributed by atoms with E-state index in [-0.39, 0.29) is 6.62 Å².